The van der Waals surface area contributed by atoms with Crippen LogP contribution in [0.5, 0.6) is 0 Å². The summed E-state index contributed by atoms with van der Waals surface area (Å²) >= 11 is 0. The van der Waals surface area contributed by atoms with Crippen molar-refractivity contribution in [2.24, 2.45) is 5.92 Å². The third-order valence-electron chi connectivity index (χ3n) is 4.52. The van der Waals surface area contributed by atoms with E-state index in [1.54, 1.807) is 0 Å². The number of fused-ring (bicyclic) bond motifs is 1. The van der Waals surface area contributed by atoms with Crippen molar-refractivity contribution in [2.45, 2.75) is 19.4 Å². The van der Waals surface area contributed by atoms with E-state index in [9.17, 15) is 0 Å². The summed E-state index contributed by atoms with van der Waals surface area (Å²) < 4.78 is 0. The molecule has 2 aliphatic rings. The zero-order valence-electron chi connectivity index (χ0n) is 12.3. The summed E-state index contributed by atoms with van der Waals surface area (Å²) in [6.45, 7) is 7.12. The minimum atomic E-state index is 0. The molecule has 1 fully saturated rings. The van der Waals surface area contributed by atoms with E-state index < -0.39 is 0 Å². The van der Waals surface area contributed by atoms with Gasteiger partial charge in [0.15, 0.2) is 0 Å². The third kappa shape index (κ3) is 3.66. The maximum atomic E-state index is 3.46. The van der Waals surface area contributed by atoms with Crippen molar-refractivity contribution in [3.63, 3.8) is 0 Å². The van der Waals surface area contributed by atoms with Crippen molar-refractivity contribution in [3.05, 3.63) is 29.8 Å². The lowest BCUT2D eigenvalue weighted by Gasteiger charge is -2.29. The van der Waals surface area contributed by atoms with Crippen LogP contribution in [-0.2, 0) is 6.54 Å². The van der Waals surface area contributed by atoms with Gasteiger partial charge in [-0.15, -0.1) is 12.4 Å². The number of rotatable bonds is 2. The molecule has 4 heteroatoms. The lowest BCUT2D eigenvalue weighted by molar-refractivity contribution is 0.206. The molecule has 1 saturated heterocycles. The van der Waals surface area contributed by atoms with Gasteiger partial charge in [-0.1, -0.05) is 18.2 Å². The Morgan fingerprint density at radius 3 is 2.70 bits per heavy atom. The maximum Gasteiger partial charge on any atom is 0.0409 e. The highest BCUT2D eigenvalue weighted by atomic mass is 35.5. The standard InChI is InChI=1S/C16H25N3.ClH/c1-18-10-11-19(12-14-6-8-17-9-7-14)13-15-4-2-3-5-16(15)18;/h2-5,14,17H,6-13H2,1H3;1H. The molecule has 0 saturated carbocycles. The molecule has 0 bridgehead atoms. The molecule has 1 N–H and O–H groups in total. The summed E-state index contributed by atoms with van der Waals surface area (Å²) in [5, 5.41) is 3.46. The van der Waals surface area contributed by atoms with E-state index >= 15 is 0 Å². The molecule has 0 unspecified atom stereocenters. The van der Waals surface area contributed by atoms with Gasteiger partial charge in [0.05, 0.1) is 0 Å². The highest BCUT2D eigenvalue weighted by Crippen LogP contribution is 2.25. The number of para-hydroxylation sites is 1. The Labute approximate surface area is 128 Å². The predicted octanol–water partition coefficient (Wildman–Crippen LogP) is 2.36. The van der Waals surface area contributed by atoms with Gasteiger partial charge < -0.3 is 10.2 Å². The van der Waals surface area contributed by atoms with Crippen LogP contribution in [0.3, 0.4) is 0 Å². The number of anilines is 1. The number of nitrogens with zero attached hydrogens (tertiary/aromatic N) is 2. The highest BCUT2D eigenvalue weighted by Gasteiger charge is 2.21. The fraction of sp³-hybridized carbons (Fsp3) is 0.625. The Bertz CT molecular complexity index is 418. The molecule has 2 aliphatic heterocycles. The molecule has 3 nitrogen and oxygen atoms in total. The van der Waals surface area contributed by atoms with E-state index in [1.165, 1.54) is 50.3 Å². The molecular formula is C16H26ClN3. The van der Waals surface area contributed by atoms with Gasteiger partial charge in [0.1, 0.15) is 0 Å². The van der Waals surface area contributed by atoms with Gasteiger partial charge in [-0.25, -0.2) is 0 Å². The van der Waals surface area contributed by atoms with Gasteiger partial charge in [-0.2, -0.15) is 0 Å². The predicted molar refractivity (Wildman–Crippen MR) is 87.8 cm³/mol. The minimum Gasteiger partial charge on any atom is -0.373 e. The minimum absolute atomic E-state index is 0. The number of hydrogen-bond donors (Lipinski definition) is 1. The van der Waals surface area contributed by atoms with Crippen LogP contribution in [0.25, 0.3) is 0 Å². The van der Waals surface area contributed by atoms with Crippen molar-refractivity contribution >= 4 is 18.1 Å². The molecule has 3 rings (SSSR count). The van der Waals surface area contributed by atoms with Crippen molar-refractivity contribution < 1.29 is 0 Å². The Balaban J connectivity index is 0.00000147. The van der Waals surface area contributed by atoms with E-state index in [2.05, 4.69) is 46.4 Å². The Morgan fingerprint density at radius 2 is 1.90 bits per heavy atom. The van der Waals surface area contributed by atoms with Crippen LogP contribution in [0.15, 0.2) is 24.3 Å². The summed E-state index contributed by atoms with van der Waals surface area (Å²) in [5.41, 5.74) is 2.90. The van der Waals surface area contributed by atoms with Crippen LogP contribution in [0.2, 0.25) is 0 Å². The Hall–Kier alpha value is -0.770. The Kier molecular flexibility index (Phi) is 5.70. The molecule has 20 heavy (non-hydrogen) atoms. The molecule has 1 aromatic rings. The van der Waals surface area contributed by atoms with Gasteiger partial charge in [0.2, 0.25) is 0 Å². The molecule has 0 spiro atoms. The maximum absolute atomic E-state index is 3.46. The third-order valence-corrected chi connectivity index (χ3v) is 4.52. The smallest absolute Gasteiger partial charge is 0.0409 e. The van der Waals surface area contributed by atoms with E-state index in [4.69, 9.17) is 0 Å². The summed E-state index contributed by atoms with van der Waals surface area (Å²) in [4.78, 5) is 5.05. The van der Waals surface area contributed by atoms with Crippen LogP contribution in [0.4, 0.5) is 5.69 Å². The normalized spacial score (nSPS) is 20.9. The largest absolute Gasteiger partial charge is 0.373 e. The number of piperidine rings is 1. The van der Waals surface area contributed by atoms with Crippen molar-refractivity contribution in [2.75, 3.05) is 44.7 Å². The van der Waals surface area contributed by atoms with E-state index in [-0.39, 0.29) is 12.4 Å². The second-order valence-electron chi connectivity index (χ2n) is 5.98. The van der Waals surface area contributed by atoms with E-state index in [0.717, 1.165) is 19.0 Å². The van der Waals surface area contributed by atoms with Gasteiger partial charge in [0, 0.05) is 38.9 Å². The quantitative estimate of drug-likeness (QED) is 0.904. The molecule has 0 aromatic heterocycles. The first-order valence-corrected chi connectivity index (χ1v) is 7.55. The summed E-state index contributed by atoms with van der Waals surface area (Å²) in [7, 11) is 2.22. The first-order valence-electron chi connectivity index (χ1n) is 7.55. The van der Waals surface area contributed by atoms with E-state index in [0.29, 0.717) is 0 Å². The topological polar surface area (TPSA) is 18.5 Å². The van der Waals surface area contributed by atoms with E-state index in [1.807, 2.05) is 0 Å². The molecule has 112 valence electrons. The lowest BCUT2D eigenvalue weighted by atomic mass is 9.97. The number of benzene rings is 1. The number of halogens is 1. The SMILES string of the molecule is CN1CCN(CC2CCNCC2)Cc2ccccc21.Cl. The van der Waals surface area contributed by atoms with Crippen LogP contribution in [0, 0.1) is 5.92 Å². The molecular weight excluding hydrogens is 270 g/mol. The summed E-state index contributed by atoms with van der Waals surface area (Å²) in [6.07, 6.45) is 2.68. The van der Waals surface area contributed by atoms with Crippen LogP contribution in [-0.4, -0.2) is 44.7 Å². The molecule has 2 heterocycles. The second-order valence-corrected chi connectivity index (χ2v) is 5.98. The first-order chi connectivity index (χ1) is 9.33. The molecule has 0 atom stereocenters. The lowest BCUT2D eigenvalue weighted by Crippen LogP contribution is -2.37. The zero-order chi connectivity index (χ0) is 13.1. The van der Waals surface area contributed by atoms with Crippen molar-refractivity contribution in [1.82, 2.24) is 10.2 Å². The molecule has 1 aromatic carbocycles. The van der Waals surface area contributed by atoms with Gasteiger partial charge >= 0.3 is 0 Å². The van der Waals surface area contributed by atoms with Crippen LogP contribution in [0.1, 0.15) is 18.4 Å². The molecule has 0 amide bonds. The fourth-order valence-corrected chi connectivity index (χ4v) is 3.33. The number of likely N-dealkylation sites (N-methyl/N-ethyl adjacent to an activating group) is 1. The second kappa shape index (κ2) is 7.30. The first kappa shape index (κ1) is 15.6. The Morgan fingerprint density at radius 1 is 1.15 bits per heavy atom. The summed E-state index contributed by atoms with van der Waals surface area (Å²) in [6, 6.07) is 8.86. The molecule has 0 aliphatic carbocycles. The van der Waals surface area contributed by atoms with Gasteiger partial charge in [-0.3, -0.25) is 4.90 Å². The van der Waals surface area contributed by atoms with Crippen LogP contribution >= 0.6 is 12.4 Å². The van der Waals surface area contributed by atoms with Crippen molar-refractivity contribution in [3.8, 4) is 0 Å². The van der Waals surface area contributed by atoms with Crippen molar-refractivity contribution in [1.29, 1.82) is 0 Å². The summed E-state index contributed by atoms with van der Waals surface area (Å²) in [5.74, 6) is 0.886. The van der Waals surface area contributed by atoms with Crippen LogP contribution < -0.4 is 10.2 Å². The average molecular weight is 296 g/mol. The van der Waals surface area contributed by atoms with Gasteiger partial charge in [0.25, 0.3) is 0 Å². The van der Waals surface area contributed by atoms with Gasteiger partial charge in [-0.05, 0) is 43.5 Å². The molecule has 0 radical (unpaired) electrons. The zero-order valence-corrected chi connectivity index (χ0v) is 13.2. The highest BCUT2D eigenvalue weighted by molar-refractivity contribution is 5.85. The monoisotopic (exact) mass is 295 g/mol. The number of nitrogens with one attached hydrogen (secondary N) is 1. The number of hydrogen-bond acceptors (Lipinski definition) is 3. The average Bonchev–Trinajstić information content (AvgIpc) is 2.60. The fourth-order valence-electron chi connectivity index (χ4n) is 3.33.